The summed E-state index contributed by atoms with van der Waals surface area (Å²) in [4.78, 5) is 15.8. The van der Waals surface area contributed by atoms with Gasteiger partial charge in [-0.25, -0.2) is 9.78 Å². The SMILES string of the molecule is Cc1cc(C)c(-n2c(Cl)cn3c(C(=O)O)c(C)nc23)c(C)c1. The first-order valence-corrected chi connectivity index (χ1v) is 7.26. The number of aryl methyl sites for hydroxylation is 4. The van der Waals surface area contributed by atoms with E-state index in [1.165, 1.54) is 9.96 Å². The summed E-state index contributed by atoms with van der Waals surface area (Å²) in [7, 11) is 0. The molecule has 0 radical (unpaired) electrons. The summed E-state index contributed by atoms with van der Waals surface area (Å²) in [6, 6.07) is 4.14. The molecule has 1 N–H and O–H groups in total. The van der Waals surface area contributed by atoms with Crippen molar-refractivity contribution in [1.29, 1.82) is 0 Å². The van der Waals surface area contributed by atoms with E-state index in [0.29, 0.717) is 16.6 Å². The summed E-state index contributed by atoms with van der Waals surface area (Å²) in [6.07, 6.45) is 1.60. The van der Waals surface area contributed by atoms with Crippen molar-refractivity contribution in [3.63, 3.8) is 0 Å². The minimum atomic E-state index is -1.02. The van der Waals surface area contributed by atoms with Crippen molar-refractivity contribution in [3.05, 3.63) is 51.6 Å². The van der Waals surface area contributed by atoms with Crippen LogP contribution in [0.5, 0.6) is 0 Å². The van der Waals surface area contributed by atoms with Gasteiger partial charge in [0.1, 0.15) is 5.15 Å². The smallest absolute Gasteiger partial charge is 0.354 e. The van der Waals surface area contributed by atoms with Crippen LogP contribution in [0.2, 0.25) is 5.15 Å². The lowest BCUT2D eigenvalue weighted by Crippen LogP contribution is -2.03. The predicted octanol–water partition coefficient (Wildman–Crippen LogP) is 3.71. The zero-order chi connectivity index (χ0) is 16.2. The molecule has 0 atom stereocenters. The van der Waals surface area contributed by atoms with Crippen LogP contribution in [-0.2, 0) is 0 Å². The van der Waals surface area contributed by atoms with E-state index in [4.69, 9.17) is 11.6 Å². The molecule has 2 aromatic heterocycles. The van der Waals surface area contributed by atoms with E-state index in [1.807, 2.05) is 20.8 Å². The second-order valence-electron chi connectivity index (χ2n) is 5.56. The fraction of sp³-hybridized carbons (Fsp3) is 0.250. The van der Waals surface area contributed by atoms with Crippen LogP contribution in [0.25, 0.3) is 11.5 Å². The van der Waals surface area contributed by atoms with Crippen molar-refractivity contribution in [1.82, 2.24) is 14.0 Å². The lowest BCUT2D eigenvalue weighted by molar-refractivity contribution is 0.0688. The third kappa shape index (κ3) is 2.01. The van der Waals surface area contributed by atoms with Crippen molar-refractivity contribution >= 4 is 23.3 Å². The van der Waals surface area contributed by atoms with E-state index in [1.54, 1.807) is 17.7 Å². The van der Waals surface area contributed by atoms with Crippen LogP contribution in [0.1, 0.15) is 32.9 Å². The Bertz CT molecular complexity index is 898. The van der Waals surface area contributed by atoms with Crippen molar-refractivity contribution in [2.75, 3.05) is 0 Å². The highest BCUT2D eigenvalue weighted by Gasteiger charge is 2.22. The Morgan fingerprint density at radius 2 is 1.77 bits per heavy atom. The number of halogens is 1. The van der Waals surface area contributed by atoms with Gasteiger partial charge in [-0.1, -0.05) is 29.3 Å². The second-order valence-corrected chi connectivity index (χ2v) is 5.94. The van der Waals surface area contributed by atoms with Crippen molar-refractivity contribution in [2.45, 2.75) is 27.7 Å². The number of carboxylic acid groups (broad SMARTS) is 1. The summed E-state index contributed by atoms with van der Waals surface area (Å²) >= 11 is 6.37. The molecule has 1 aromatic carbocycles. The lowest BCUT2D eigenvalue weighted by Gasteiger charge is -2.13. The molecule has 3 rings (SSSR count). The highest BCUT2D eigenvalue weighted by molar-refractivity contribution is 6.30. The number of rotatable bonds is 2. The molecule has 0 aliphatic rings. The van der Waals surface area contributed by atoms with Crippen LogP contribution in [-0.4, -0.2) is 25.0 Å². The van der Waals surface area contributed by atoms with Gasteiger partial charge in [-0.2, -0.15) is 0 Å². The number of imidazole rings is 2. The number of hydrogen-bond acceptors (Lipinski definition) is 2. The Hall–Kier alpha value is -2.27. The van der Waals surface area contributed by atoms with Crippen molar-refractivity contribution in [3.8, 4) is 5.69 Å². The molecule has 3 aromatic rings. The van der Waals surface area contributed by atoms with E-state index in [9.17, 15) is 9.90 Å². The molecule has 0 spiro atoms. The molecule has 114 valence electrons. The van der Waals surface area contributed by atoms with E-state index < -0.39 is 5.97 Å². The molecule has 22 heavy (non-hydrogen) atoms. The number of fused-ring (bicyclic) bond motifs is 1. The molecule has 6 heteroatoms. The van der Waals surface area contributed by atoms with Crippen LogP contribution >= 0.6 is 11.6 Å². The summed E-state index contributed by atoms with van der Waals surface area (Å²) in [5.41, 5.74) is 4.84. The minimum Gasteiger partial charge on any atom is -0.477 e. The van der Waals surface area contributed by atoms with Crippen LogP contribution < -0.4 is 0 Å². The van der Waals surface area contributed by atoms with Gasteiger partial charge >= 0.3 is 5.97 Å². The first-order chi connectivity index (χ1) is 10.3. The molecule has 0 fully saturated rings. The van der Waals surface area contributed by atoms with Crippen LogP contribution in [0.3, 0.4) is 0 Å². The number of aromatic nitrogens is 3. The number of benzene rings is 1. The highest BCUT2D eigenvalue weighted by atomic mass is 35.5. The number of carboxylic acids is 1. The molecule has 2 heterocycles. The molecular formula is C16H16ClN3O2. The van der Waals surface area contributed by atoms with Gasteiger partial charge in [-0.05, 0) is 38.8 Å². The predicted molar refractivity (Wildman–Crippen MR) is 85.4 cm³/mol. The average molecular weight is 318 g/mol. The molecular weight excluding hydrogens is 302 g/mol. The van der Waals surface area contributed by atoms with E-state index >= 15 is 0 Å². The molecule has 0 bridgehead atoms. The number of carbonyl (C=O) groups is 1. The fourth-order valence-electron chi connectivity index (χ4n) is 3.06. The quantitative estimate of drug-likeness (QED) is 0.783. The molecule has 0 aliphatic carbocycles. The Morgan fingerprint density at radius 3 is 2.32 bits per heavy atom. The number of aromatic carboxylic acids is 1. The van der Waals surface area contributed by atoms with E-state index in [-0.39, 0.29) is 5.69 Å². The first-order valence-electron chi connectivity index (χ1n) is 6.88. The first kappa shape index (κ1) is 14.7. The maximum Gasteiger partial charge on any atom is 0.354 e. The summed E-state index contributed by atoms with van der Waals surface area (Å²) in [6.45, 7) is 7.74. The summed E-state index contributed by atoms with van der Waals surface area (Å²) in [5, 5.41) is 9.79. The van der Waals surface area contributed by atoms with Gasteiger partial charge in [0.15, 0.2) is 5.69 Å². The Balaban J connectivity index is 2.40. The Labute approximate surface area is 132 Å². The van der Waals surface area contributed by atoms with Gasteiger partial charge in [-0.15, -0.1) is 0 Å². The third-order valence-electron chi connectivity index (χ3n) is 3.78. The van der Waals surface area contributed by atoms with Gasteiger partial charge in [0.05, 0.1) is 11.4 Å². The molecule has 0 saturated heterocycles. The fourth-order valence-corrected chi connectivity index (χ4v) is 3.32. The van der Waals surface area contributed by atoms with Crippen LogP contribution in [0.4, 0.5) is 0 Å². The van der Waals surface area contributed by atoms with Crippen LogP contribution in [0, 0.1) is 27.7 Å². The zero-order valence-corrected chi connectivity index (χ0v) is 13.6. The Morgan fingerprint density at radius 1 is 1.18 bits per heavy atom. The molecule has 0 unspecified atom stereocenters. The van der Waals surface area contributed by atoms with Gasteiger partial charge in [0.25, 0.3) is 0 Å². The maximum atomic E-state index is 11.4. The second kappa shape index (κ2) is 4.88. The molecule has 0 amide bonds. The monoisotopic (exact) mass is 317 g/mol. The largest absolute Gasteiger partial charge is 0.477 e. The van der Waals surface area contributed by atoms with E-state index in [0.717, 1.165) is 16.8 Å². The normalized spacial score (nSPS) is 11.3. The van der Waals surface area contributed by atoms with Gasteiger partial charge in [0.2, 0.25) is 5.78 Å². The van der Waals surface area contributed by atoms with Gasteiger partial charge in [0, 0.05) is 6.20 Å². The number of hydrogen-bond donors (Lipinski definition) is 1. The van der Waals surface area contributed by atoms with Crippen molar-refractivity contribution in [2.24, 2.45) is 0 Å². The van der Waals surface area contributed by atoms with Crippen molar-refractivity contribution < 1.29 is 9.90 Å². The zero-order valence-electron chi connectivity index (χ0n) is 12.8. The average Bonchev–Trinajstić information content (AvgIpc) is 2.83. The topological polar surface area (TPSA) is 59.5 Å². The standard InChI is InChI=1S/C16H16ClN3O2/c1-8-5-9(2)13(10(3)6-8)20-12(17)7-19-14(15(21)22)11(4)18-16(19)20/h5-7H,1-4H3,(H,21,22). The Kier molecular flexibility index (Phi) is 3.25. The van der Waals surface area contributed by atoms with Crippen LogP contribution in [0.15, 0.2) is 18.3 Å². The number of nitrogens with zero attached hydrogens (tertiary/aromatic N) is 3. The van der Waals surface area contributed by atoms with Gasteiger partial charge in [-0.3, -0.25) is 8.97 Å². The van der Waals surface area contributed by atoms with E-state index in [2.05, 4.69) is 17.1 Å². The lowest BCUT2D eigenvalue weighted by atomic mass is 10.1. The minimum absolute atomic E-state index is 0.137. The molecule has 0 aliphatic heterocycles. The molecule has 0 saturated carbocycles. The highest BCUT2D eigenvalue weighted by Crippen LogP contribution is 2.29. The maximum absolute atomic E-state index is 11.4. The summed E-state index contributed by atoms with van der Waals surface area (Å²) < 4.78 is 3.32. The molecule has 5 nitrogen and oxygen atoms in total. The third-order valence-corrected chi connectivity index (χ3v) is 4.04. The van der Waals surface area contributed by atoms with Gasteiger partial charge < -0.3 is 5.11 Å². The summed E-state index contributed by atoms with van der Waals surface area (Å²) in [5.74, 6) is -0.508.